The lowest BCUT2D eigenvalue weighted by molar-refractivity contribution is 0.138. The fourth-order valence-electron chi connectivity index (χ4n) is 3.07. The highest BCUT2D eigenvalue weighted by atomic mass is 16.2. The van der Waals surface area contributed by atoms with E-state index in [0.29, 0.717) is 5.84 Å². The van der Waals surface area contributed by atoms with Crippen LogP contribution in [-0.4, -0.2) is 53.4 Å². The van der Waals surface area contributed by atoms with Gasteiger partial charge in [-0.25, -0.2) is 4.79 Å². The predicted molar refractivity (Wildman–Crippen MR) is 67.3 cm³/mol. The van der Waals surface area contributed by atoms with Gasteiger partial charge in [0.2, 0.25) is 0 Å². The van der Waals surface area contributed by atoms with Crippen LogP contribution < -0.4 is 5.32 Å². The van der Waals surface area contributed by atoms with Gasteiger partial charge in [-0.15, -0.1) is 0 Å². The molecule has 2 heterocycles. The number of hydrogen-bond donors (Lipinski definition) is 2. The molecular formula is C12H22N4O. The van der Waals surface area contributed by atoms with Crippen molar-refractivity contribution in [2.24, 2.45) is 0 Å². The molecule has 2 rings (SSSR count). The molecule has 2 aliphatic rings. The van der Waals surface area contributed by atoms with Crippen molar-refractivity contribution < 1.29 is 4.79 Å². The molecule has 17 heavy (non-hydrogen) atoms. The normalized spacial score (nSPS) is 31.2. The maximum absolute atomic E-state index is 12.0. The summed E-state index contributed by atoms with van der Waals surface area (Å²) in [5.41, 5.74) is -0.379. The van der Waals surface area contributed by atoms with Crippen LogP contribution in [0.1, 0.15) is 33.1 Å². The summed E-state index contributed by atoms with van der Waals surface area (Å²) >= 11 is 0. The predicted octanol–water partition coefficient (Wildman–Crippen LogP) is 1.25. The van der Waals surface area contributed by atoms with E-state index in [1.807, 2.05) is 18.7 Å². The zero-order chi connectivity index (χ0) is 12.6. The molecule has 5 nitrogen and oxygen atoms in total. The minimum atomic E-state index is -0.379. The van der Waals surface area contributed by atoms with Gasteiger partial charge >= 0.3 is 6.03 Å². The van der Waals surface area contributed by atoms with Crippen LogP contribution in [0.25, 0.3) is 0 Å². The Morgan fingerprint density at radius 3 is 2.71 bits per heavy atom. The van der Waals surface area contributed by atoms with Gasteiger partial charge in [-0.3, -0.25) is 10.7 Å². The van der Waals surface area contributed by atoms with Crippen molar-refractivity contribution >= 4 is 11.9 Å². The molecule has 2 amide bonds. The van der Waals surface area contributed by atoms with Gasteiger partial charge in [-0.05, 0) is 46.7 Å². The quantitative estimate of drug-likeness (QED) is 0.722. The van der Waals surface area contributed by atoms with Crippen molar-refractivity contribution in [1.29, 1.82) is 5.41 Å². The second-order valence-corrected chi connectivity index (χ2v) is 5.46. The Morgan fingerprint density at radius 2 is 2.06 bits per heavy atom. The largest absolute Gasteiger partial charge is 0.323 e. The van der Waals surface area contributed by atoms with Gasteiger partial charge in [0.15, 0.2) is 0 Å². The maximum atomic E-state index is 12.0. The molecule has 96 valence electrons. The summed E-state index contributed by atoms with van der Waals surface area (Å²) in [6.45, 7) is 6.04. The molecule has 0 bridgehead atoms. The van der Waals surface area contributed by atoms with Crippen LogP contribution >= 0.6 is 0 Å². The average molecular weight is 238 g/mol. The number of hydrogen-bond acceptors (Lipinski definition) is 3. The Labute approximate surface area is 103 Å². The van der Waals surface area contributed by atoms with E-state index in [1.54, 1.807) is 0 Å². The molecule has 1 atom stereocenters. The highest BCUT2D eigenvalue weighted by Crippen LogP contribution is 2.34. The van der Waals surface area contributed by atoms with Crippen molar-refractivity contribution in [1.82, 2.24) is 15.1 Å². The van der Waals surface area contributed by atoms with Gasteiger partial charge < -0.3 is 9.80 Å². The highest BCUT2D eigenvalue weighted by molar-refractivity contribution is 6.08. The fraction of sp³-hybridized carbons (Fsp3) is 0.833. The van der Waals surface area contributed by atoms with E-state index in [9.17, 15) is 4.79 Å². The van der Waals surface area contributed by atoms with Crippen molar-refractivity contribution in [2.45, 2.75) is 44.7 Å². The average Bonchev–Trinajstić information content (AvgIpc) is 2.37. The van der Waals surface area contributed by atoms with Crippen LogP contribution in [-0.2, 0) is 0 Å². The molecular weight excluding hydrogens is 216 g/mol. The van der Waals surface area contributed by atoms with Crippen LogP contribution in [0.3, 0.4) is 0 Å². The topological polar surface area (TPSA) is 59.4 Å². The van der Waals surface area contributed by atoms with E-state index in [2.05, 4.69) is 17.3 Å². The molecule has 2 N–H and O–H groups in total. The van der Waals surface area contributed by atoms with Gasteiger partial charge in [0.25, 0.3) is 0 Å². The first kappa shape index (κ1) is 12.4. The zero-order valence-corrected chi connectivity index (χ0v) is 10.9. The third-order valence-corrected chi connectivity index (χ3v) is 3.93. The minimum absolute atomic E-state index is 0.102. The van der Waals surface area contributed by atoms with E-state index in [1.165, 1.54) is 0 Å². The minimum Gasteiger partial charge on any atom is -0.309 e. The lowest BCUT2D eigenvalue weighted by Gasteiger charge is -2.38. The molecule has 5 heteroatoms. The highest BCUT2D eigenvalue weighted by Gasteiger charge is 2.51. The summed E-state index contributed by atoms with van der Waals surface area (Å²) in [6.07, 6.45) is 2.80. The number of likely N-dealkylation sites (tertiary alicyclic amines) is 1. The second-order valence-electron chi connectivity index (χ2n) is 5.46. The van der Waals surface area contributed by atoms with Gasteiger partial charge in [0, 0.05) is 12.6 Å². The van der Waals surface area contributed by atoms with Crippen molar-refractivity contribution in [3.8, 4) is 0 Å². The number of carbonyl (C=O) groups excluding carboxylic acids is 1. The fourth-order valence-corrected chi connectivity index (χ4v) is 3.07. The number of carbonyl (C=O) groups is 1. The third-order valence-electron chi connectivity index (χ3n) is 3.93. The first-order chi connectivity index (χ1) is 7.97. The summed E-state index contributed by atoms with van der Waals surface area (Å²) < 4.78 is 0. The molecule has 2 saturated heterocycles. The molecule has 2 fully saturated rings. The Morgan fingerprint density at radius 1 is 1.35 bits per heavy atom. The van der Waals surface area contributed by atoms with E-state index < -0.39 is 0 Å². The smallest absolute Gasteiger partial charge is 0.309 e. The van der Waals surface area contributed by atoms with Gasteiger partial charge in [-0.1, -0.05) is 0 Å². The van der Waals surface area contributed by atoms with Gasteiger partial charge in [0.1, 0.15) is 11.4 Å². The first-order valence-corrected chi connectivity index (χ1v) is 6.35. The summed E-state index contributed by atoms with van der Waals surface area (Å²) in [7, 11) is 2.10. The van der Waals surface area contributed by atoms with Crippen LogP contribution in [0, 0.1) is 5.41 Å². The molecule has 0 aliphatic carbocycles. The van der Waals surface area contributed by atoms with Crippen molar-refractivity contribution in [2.75, 3.05) is 20.1 Å². The first-order valence-electron chi connectivity index (χ1n) is 6.35. The number of amidine groups is 1. The molecule has 0 aromatic carbocycles. The van der Waals surface area contributed by atoms with Crippen LogP contribution in [0.15, 0.2) is 0 Å². The van der Waals surface area contributed by atoms with Crippen LogP contribution in [0.5, 0.6) is 0 Å². The second kappa shape index (κ2) is 4.29. The Bertz CT molecular complexity index is 341. The number of rotatable bonds is 1. The maximum Gasteiger partial charge on any atom is 0.323 e. The van der Waals surface area contributed by atoms with Crippen molar-refractivity contribution in [3.05, 3.63) is 0 Å². The Kier molecular flexibility index (Phi) is 3.12. The van der Waals surface area contributed by atoms with E-state index in [-0.39, 0.29) is 17.6 Å². The van der Waals surface area contributed by atoms with Crippen LogP contribution in [0.2, 0.25) is 0 Å². The van der Waals surface area contributed by atoms with E-state index in [4.69, 9.17) is 5.41 Å². The standard InChI is InChI=1S/C12H22N4O/c1-9(2)16-11(17)14-10(13)12(16)5-4-7-15(3)8-6-12/h9H,4-8H2,1-3H3,(H2,13,14,17). The SMILES string of the molecule is CC(C)N1C(=O)NC(=N)C12CCCN(C)CC2. The Balaban J connectivity index is 2.31. The van der Waals surface area contributed by atoms with Crippen LogP contribution in [0.4, 0.5) is 4.79 Å². The molecule has 0 saturated carbocycles. The van der Waals surface area contributed by atoms with E-state index in [0.717, 1.165) is 32.4 Å². The summed E-state index contributed by atoms with van der Waals surface area (Å²) in [6, 6.07) is 0.0378. The lowest BCUT2D eigenvalue weighted by atomic mass is 9.87. The van der Waals surface area contributed by atoms with E-state index >= 15 is 0 Å². The number of nitrogens with one attached hydrogen (secondary N) is 2. The summed E-state index contributed by atoms with van der Waals surface area (Å²) in [4.78, 5) is 16.1. The van der Waals surface area contributed by atoms with Gasteiger partial charge in [-0.2, -0.15) is 0 Å². The molecule has 1 unspecified atom stereocenters. The zero-order valence-electron chi connectivity index (χ0n) is 10.9. The Hall–Kier alpha value is -1.10. The molecule has 1 spiro atoms. The lowest BCUT2D eigenvalue weighted by Crippen LogP contribution is -2.52. The number of nitrogens with zero attached hydrogens (tertiary/aromatic N) is 2. The summed E-state index contributed by atoms with van der Waals surface area (Å²) in [5, 5.41) is 10.8. The number of amides is 2. The number of urea groups is 1. The molecule has 0 radical (unpaired) electrons. The monoisotopic (exact) mass is 238 g/mol. The molecule has 2 aliphatic heterocycles. The third kappa shape index (κ3) is 1.92. The van der Waals surface area contributed by atoms with Gasteiger partial charge in [0.05, 0.1) is 0 Å². The van der Waals surface area contributed by atoms with Crippen molar-refractivity contribution in [3.63, 3.8) is 0 Å². The molecule has 0 aromatic rings. The summed E-state index contributed by atoms with van der Waals surface area (Å²) in [5.74, 6) is 0.395. The molecule has 0 aromatic heterocycles.